The Morgan fingerprint density at radius 3 is 2.71 bits per heavy atom. The van der Waals surface area contributed by atoms with Crippen LogP contribution in [0.4, 0.5) is 0 Å². The second-order valence-corrected chi connectivity index (χ2v) is 4.93. The molecule has 17 heavy (non-hydrogen) atoms. The average molecular weight is 296 g/mol. The molecule has 0 fully saturated rings. The minimum absolute atomic E-state index is 0.190. The monoisotopic (exact) mass is 295 g/mol. The summed E-state index contributed by atoms with van der Waals surface area (Å²) in [7, 11) is 0. The quantitative estimate of drug-likeness (QED) is 0.947. The van der Waals surface area contributed by atoms with Crippen LogP contribution in [0.2, 0.25) is 0 Å². The van der Waals surface area contributed by atoms with Crippen LogP contribution in [-0.4, -0.2) is 19.9 Å². The highest BCUT2D eigenvalue weighted by atomic mass is 79.9. The summed E-state index contributed by atoms with van der Waals surface area (Å²) in [5, 5.41) is 14.6. The maximum Gasteiger partial charge on any atom is 0.139 e. The van der Waals surface area contributed by atoms with Crippen molar-refractivity contribution >= 4 is 15.9 Å². The zero-order valence-corrected chi connectivity index (χ0v) is 11.3. The minimum Gasteiger partial charge on any atom is -0.380 e. The lowest BCUT2D eigenvalue weighted by Crippen LogP contribution is -2.13. The van der Waals surface area contributed by atoms with Crippen LogP contribution in [0, 0.1) is 0 Å². The normalized spacial score (nSPS) is 13.0. The molecule has 4 nitrogen and oxygen atoms in total. The number of halogens is 1. The Kier molecular flexibility index (Phi) is 3.59. The SMILES string of the molecule is CC(C)n1ncc(Br)c1C(O)c1ccccn1. The van der Waals surface area contributed by atoms with Crippen molar-refractivity contribution in [3.8, 4) is 0 Å². The molecule has 2 rings (SSSR count). The second kappa shape index (κ2) is 4.98. The van der Waals surface area contributed by atoms with E-state index in [2.05, 4.69) is 26.0 Å². The largest absolute Gasteiger partial charge is 0.380 e. The van der Waals surface area contributed by atoms with Crippen LogP contribution in [0.25, 0.3) is 0 Å². The molecule has 1 unspecified atom stereocenters. The van der Waals surface area contributed by atoms with Crippen LogP contribution in [0.15, 0.2) is 35.1 Å². The van der Waals surface area contributed by atoms with E-state index in [-0.39, 0.29) is 6.04 Å². The van der Waals surface area contributed by atoms with Gasteiger partial charge in [-0.25, -0.2) is 0 Å². The first-order valence-corrected chi connectivity index (χ1v) is 6.22. The van der Waals surface area contributed by atoms with E-state index in [4.69, 9.17) is 0 Å². The molecule has 90 valence electrons. The van der Waals surface area contributed by atoms with Crippen molar-refractivity contribution in [3.63, 3.8) is 0 Å². The molecule has 0 spiro atoms. The van der Waals surface area contributed by atoms with Gasteiger partial charge in [0, 0.05) is 12.2 Å². The molecular formula is C12H14BrN3O. The Bertz CT molecular complexity index is 496. The predicted octanol–water partition coefficient (Wildman–Crippen LogP) is 2.70. The van der Waals surface area contributed by atoms with Gasteiger partial charge in [0.2, 0.25) is 0 Å². The lowest BCUT2D eigenvalue weighted by molar-refractivity contribution is 0.199. The Morgan fingerprint density at radius 2 is 2.12 bits per heavy atom. The number of rotatable bonds is 3. The molecule has 2 heterocycles. The highest BCUT2D eigenvalue weighted by Crippen LogP contribution is 2.29. The zero-order chi connectivity index (χ0) is 12.4. The van der Waals surface area contributed by atoms with E-state index < -0.39 is 6.10 Å². The van der Waals surface area contributed by atoms with Crippen LogP contribution in [0.3, 0.4) is 0 Å². The fourth-order valence-corrected chi connectivity index (χ4v) is 2.19. The van der Waals surface area contributed by atoms with E-state index >= 15 is 0 Å². The standard InChI is InChI=1S/C12H14BrN3O/c1-8(2)16-11(9(13)7-15-16)12(17)10-5-3-4-6-14-10/h3-8,12,17H,1-2H3. The van der Waals surface area contributed by atoms with Crippen LogP contribution in [0.1, 0.15) is 37.4 Å². The molecule has 0 amide bonds. The van der Waals surface area contributed by atoms with Gasteiger partial charge in [-0.1, -0.05) is 6.07 Å². The second-order valence-electron chi connectivity index (χ2n) is 4.07. The molecule has 5 heteroatoms. The summed E-state index contributed by atoms with van der Waals surface area (Å²) in [6, 6.07) is 5.67. The van der Waals surface area contributed by atoms with Gasteiger partial charge in [0.15, 0.2) is 0 Å². The molecule has 0 aliphatic heterocycles. The summed E-state index contributed by atoms with van der Waals surface area (Å²) in [5.74, 6) is 0. The summed E-state index contributed by atoms with van der Waals surface area (Å²) in [6.07, 6.45) is 2.60. The molecule has 0 aliphatic rings. The van der Waals surface area contributed by atoms with E-state index in [1.54, 1.807) is 23.1 Å². The Balaban J connectivity index is 2.43. The first-order chi connectivity index (χ1) is 8.11. The average Bonchev–Trinajstić information content (AvgIpc) is 2.71. The molecule has 0 aromatic carbocycles. The van der Waals surface area contributed by atoms with Gasteiger partial charge < -0.3 is 5.11 Å². The third-order valence-corrected chi connectivity index (χ3v) is 3.11. The minimum atomic E-state index is -0.768. The van der Waals surface area contributed by atoms with Gasteiger partial charge in [-0.2, -0.15) is 5.10 Å². The maximum atomic E-state index is 10.3. The number of hydrogen-bond acceptors (Lipinski definition) is 3. The van der Waals surface area contributed by atoms with E-state index in [1.807, 2.05) is 26.0 Å². The van der Waals surface area contributed by atoms with Crippen LogP contribution in [-0.2, 0) is 0 Å². The van der Waals surface area contributed by atoms with Crippen molar-refractivity contribution in [2.24, 2.45) is 0 Å². The van der Waals surface area contributed by atoms with Crippen molar-refractivity contribution < 1.29 is 5.11 Å². The highest BCUT2D eigenvalue weighted by molar-refractivity contribution is 9.10. The Hall–Kier alpha value is -1.20. The Morgan fingerprint density at radius 1 is 1.35 bits per heavy atom. The molecule has 1 N–H and O–H groups in total. The molecule has 0 saturated carbocycles. The van der Waals surface area contributed by atoms with E-state index in [0.29, 0.717) is 5.69 Å². The molecule has 2 aromatic rings. The molecule has 0 radical (unpaired) electrons. The number of nitrogens with zero attached hydrogens (tertiary/aromatic N) is 3. The fraction of sp³-hybridized carbons (Fsp3) is 0.333. The van der Waals surface area contributed by atoms with Gasteiger partial charge in [-0.3, -0.25) is 9.67 Å². The lowest BCUT2D eigenvalue weighted by Gasteiger charge is -2.16. The van der Waals surface area contributed by atoms with Crippen LogP contribution >= 0.6 is 15.9 Å². The maximum absolute atomic E-state index is 10.3. The van der Waals surface area contributed by atoms with Gasteiger partial charge in [0.1, 0.15) is 6.10 Å². The smallest absolute Gasteiger partial charge is 0.139 e. The number of aromatic nitrogens is 3. The first kappa shape index (κ1) is 12.3. The van der Waals surface area contributed by atoms with Crippen molar-refractivity contribution in [1.82, 2.24) is 14.8 Å². The number of pyridine rings is 1. The van der Waals surface area contributed by atoms with E-state index in [9.17, 15) is 5.11 Å². The first-order valence-electron chi connectivity index (χ1n) is 5.43. The zero-order valence-electron chi connectivity index (χ0n) is 9.71. The lowest BCUT2D eigenvalue weighted by atomic mass is 10.1. The van der Waals surface area contributed by atoms with E-state index in [0.717, 1.165) is 10.2 Å². The topological polar surface area (TPSA) is 50.9 Å². The van der Waals surface area contributed by atoms with Gasteiger partial charge in [0.05, 0.1) is 22.1 Å². The summed E-state index contributed by atoms with van der Waals surface area (Å²) in [5.41, 5.74) is 1.36. The van der Waals surface area contributed by atoms with Gasteiger partial charge in [-0.15, -0.1) is 0 Å². The van der Waals surface area contributed by atoms with Crippen molar-refractivity contribution in [1.29, 1.82) is 0 Å². The van der Waals surface area contributed by atoms with Crippen LogP contribution in [0.5, 0.6) is 0 Å². The number of aliphatic hydroxyl groups excluding tert-OH is 1. The molecule has 0 saturated heterocycles. The molecule has 0 aliphatic carbocycles. The summed E-state index contributed by atoms with van der Waals surface area (Å²) in [4.78, 5) is 4.16. The predicted molar refractivity (Wildman–Crippen MR) is 68.6 cm³/mol. The van der Waals surface area contributed by atoms with Gasteiger partial charge in [0.25, 0.3) is 0 Å². The van der Waals surface area contributed by atoms with Gasteiger partial charge in [-0.05, 0) is 41.9 Å². The molecule has 2 aromatic heterocycles. The summed E-state index contributed by atoms with van der Waals surface area (Å²) in [6.45, 7) is 4.04. The third kappa shape index (κ3) is 2.40. The number of hydrogen-bond donors (Lipinski definition) is 1. The summed E-state index contributed by atoms with van der Waals surface area (Å²) < 4.78 is 2.59. The molecule has 0 bridgehead atoms. The third-order valence-electron chi connectivity index (χ3n) is 2.50. The molecule has 1 atom stereocenters. The summed E-state index contributed by atoms with van der Waals surface area (Å²) >= 11 is 3.41. The van der Waals surface area contributed by atoms with Crippen molar-refractivity contribution in [2.75, 3.05) is 0 Å². The number of aliphatic hydroxyl groups is 1. The highest BCUT2D eigenvalue weighted by Gasteiger charge is 2.21. The van der Waals surface area contributed by atoms with Crippen LogP contribution < -0.4 is 0 Å². The fourth-order valence-electron chi connectivity index (χ4n) is 1.70. The van der Waals surface area contributed by atoms with Crippen molar-refractivity contribution in [3.05, 3.63) is 46.5 Å². The van der Waals surface area contributed by atoms with Gasteiger partial charge >= 0.3 is 0 Å². The Labute approximate surface area is 108 Å². The van der Waals surface area contributed by atoms with E-state index in [1.165, 1.54) is 0 Å². The van der Waals surface area contributed by atoms with Crippen molar-refractivity contribution in [2.45, 2.75) is 26.0 Å². The molecular weight excluding hydrogens is 282 g/mol.